The van der Waals surface area contributed by atoms with Crippen molar-refractivity contribution in [3.63, 3.8) is 0 Å². The summed E-state index contributed by atoms with van der Waals surface area (Å²) in [4.78, 5) is 12.9. The molecule has 106 valence electrons. The van der Waals surface area contributed by atoms with E-state index < -0.39 is 0 Å². The van der Waals surface area contributed by atoms with Crippen LogP contribution in [0, 0.1) is 0 Å². The molecule has 1 N–H and O–H groups in total. The van der Waals surface area contributed by atoms with E-state index in [-0.39, 0.29) is 5.91 Å². The molecule has 0 aromatic heterocycles. The highest BCUT2D eigenvalue weighted by atomic mass is 32.2. The van der Waals surface area contributed by atoms with E-state index in [4.69, 9.17) is 0 Å². The number of rotatable bonds is 8. The predicted octanol–water partition coefficient (Wildman–Crippen LogP) is 3.22. The lowest BCUT2D eigenvalue weighted by Crippen LogP contribution is -2.23. The molecule has 0 unspecified atom stereocenters. The lowest BCUT2D eigenvalue weighted by molar-refractivity contribution is -0.128. The molecule has 0 aliphatic heterocycles. The molecule has 0 aliphatic carbocycles. The van der Waals surface area contributed by atoms with Crippen LogP contribution in [-0.4, -0.2) is 36.4 Å². The van der Waals surface area contributed by atoms with E-state index >= 15 is 0 Å². The van der Waals surface area contributed by atoms with E-state index in [1.54, 1.807) is 11.8 Å². The van der Waals surface area contributed by atoms with Crippen molar-refractivity contribution in [1.29, 1.82) is 0 Å². The second-order valence-electron chi connectivity index (χ2n) is 4.70. The van der Waals surface area contributed by atoms with E-state index in [2.05, 4.69) is 29.8 Å². The summed E-state index contributed by atoms with van der Waals surface area (Å²) in [6.07, 6.45) is 4.59. The molecular formula is C15H24N2OS. The van der Waals surface area contributed by atoms with Crippen LogP contribution in [0.25, 0.3) is 0 Å². The van der Waals surface area contributed by atoms with Gasteiger partial charge in [-0.1, -0.05) is 12.1 Å². The van der Waals surface area contributed by atoms with Crippen LogP contribution in [0.5, 0.6) is 0 Å². The molecular weight excluding hydrogens is 256 g/mol. The van der Waals surface area contributed by atoms with Gasteiger partial charge in [0.25, 0.3) is 0 Å². The summed E-state index contributed by atoms with van der Waals surface area (Å²) in [7, 11) is 1.82. The van der Waals surface area contributed by atoms with E-state index in [1.807, 2.05) is 24.9 Å². The number of unbranched alkanes of at least 4 members (excludes halogenated alkanes) is 1. The highest BCUT2D eigenvalue weighted by Gasteiger charge is 2.03. The van der Waals surface area contributed by atoms with Crippen molar-refractivity contribution in [3.05, 3.63) is 29.8 Å². The highest BCUT2D eigenvalue weighted by Crippen LogP contribution is 2.12. The number of anilines is 1. The first-order valence-electron chi connectivity index (χ1n) is 6.67. The third kappa shape index (κ3) is 6.53. The summed E-state index contributed by atoms with van der Waals surface area (Å²) in [6, 6.07) is 8.28. The first-order chi connectivity index (χ1) is 9.13. The highest BCUT2D eigenvalue weighted by molar-refractivity contribution is 7.98. The largest absolute Gasteiger partial charge is 0.385 e. The van der Waals surface area contributed by atoms with Gasteiger partial charge >= 0.3 is 0 Å². The standard InChI is InChI=1S/C15H24N2OS/c1-13(18)17(2)12-14-7-6-8-15(11-14)16-9-4-5-10-19-3/h6-8,11,16H,4-5,9-10,12H2,1-3H3. The Bertz CT molecular complexity index is 395. The fourth-order valence-electron chi connectivity index (χ4n) is 1.77. The number of thioether (sulfide) groups is 1. The van der Waals surface area contributed by atoms with Gasteiger partial charge in [-0.25, -0.2) is 0 Å². The Morgan fingerprint density at radius 3 is 2.84 bits per heavy atom. The fraction of sp³-hybridized carbons (Fsp3) is 0.533. The SMILES string of the molecule is CSCCCCNc1cccc(CN(C)C(C)=O)c1. The molecule has 0 heterocycles. The number of amides is 1. The monoisotopic (exact) mass is 280 g/mol. The molecule has 1 aromatic carbocycles. The number of benzene rings is 1. The van der Waals surface area contributed by atoms with Crippen molar-refractivity contribution in [1.82, 2.24) is 4.90 Å². The molecule has 0 fully saturated rings. The first kappa shape index (κ1) is 15.9. The van der Waals surface area contributed by atoms with Gasteiger partial charge < -0.3 is 10.2 Å². The summed E-state index contributed by atoms with van der Waals surface area (Å²) in [6.45, 7) is 3.26. The average Bonchev–Trinajstić information content (AvgIpc) is 2.39. The minimum atomic E-state index is 0.0930. The second-order valence-corrected chi connectivity index (χ2v) is 5.69. The summed E-state index contributed by atoms with van der Waals surface area (Å²) >= 11 is 1.89. The summed E-state index contributed by atoms with van der Waals surface area (Å²) in [5.74, 6) is 1.32. The third-order valence-electron chi connectivity index (χ3n) is 2.99. The molecule has 0 spiro atoms. The van der Waals surface area contributed by atoms with Gasteiger partial charge in [-0.2, -0.15) is 11.8 Å². The van der Waals surface area contributed by atoms with Gasteiger partial charge in [-0.05, 0) is 42.5 Å². The van der Waals surface area contributed by atoms with Crippen molar-refractivity contribution in [3.8, 4) is 0 Å². The van der Waals surface area contributed by atoms with Crippen LogP contribution in [-0.2, 0) is 11.3 Å². The molecule has 0 saturated heterocycles. The quantitative estimate of drug-likeness (QED) is 0.742. The molecule has 1 rings (SSSR count). The van der Waals surface area contributed by atoms with Gasteiger partial charge in [0.05, 0.1) is 0 Å². The van der Waals surface area contributed by atoms with Gasteiger partial charge in [0, 0.05) is 32.7 Å². The van der Waals surface area contributed by atoms with Crippen LogP contribution in [0.15, 0.2) is 24.3 Å². The molecule has 1 amide bonds. The van der Waals surface area contributed by atoms with Crippen LogP contribution >= 0.6 is 11.8 Å². The van der Waals surface area contributed by atoms with Gasteiger partial charge in [-0.3, -0.25) is 4.79 Å². The molecule has 4 heteroatoms. The lowest BCUT2D eigenvalue weighted by atomic mass is 10.2. The van der Waals surface area contributed by atoms with E-state index in [1.165, 1.54) is 18.6 Å². The van der Waals surface area contributed by atoms with Crippen molar-refractivity contribution in [2.24, 2.45) is 0 Å². The smallest absolute Gasteiger partial charge is 0.219 e. The average molecular weight is 280 g/mol. The zero-order valence-corrected chi connectivity index (χ0v) is 12.9. The molecule has 0 atom stereocenters. The van der Waals surface area contributed by atoms with Gasteiger partial charge in [-0.15, -0.1) is 0 Å². The van der Waals surface area contributed by atoms with Crippen LogP contribution in [0.2, 0.25) is 0 Å². The molecule has 19 heavy (non-hydrogen) atoms. The number of hydrogen-bond acceptors (Lipinski definition) is 3. The van der Waals surface area contributed by atoms with Crippen LogP contribution in [0.3, 0.4) is 0 Å². The van der Waals surface area contributed by atoms with Crippen molar-refractivity contribution < 1.29 is 4.79 Å². The third-order valence-corrected chi connectivity index (χ3v) is 3.69. The number of nitrogens with zero attached hydrogens (tertiary/aromatic N) is 1. The maximum atomic E-state index is 11.2. The number of nitrogens with one attached hydrogen (secondary N) is 1. The fourth-order valence-corrected chi connectivity index (χ4v) is 2.26. The topological polar surface area (TPSA) is 32.3 Å². The van der Waals surface area contributed by atoms with Crippen LogP contribution in [0.1, 0.15) is 25.3 Å². The molecule has 3 nitrogen and oxygen atoms in total. The number of hydrogen-bond donors (Lipinski definition) is 1. The molecule has 0 bridgehead atoms. The molecule has 0 radical (unpaired) electrons. The Morgan fingerprint density at radius 1 is 1.37 bits per heavy atom. The Balaban J connectivity index is 2.41. The number of carbonyl (C=O) groups is 1. The number of carbonyl (C=O) groups excluding carboxylic acids is 1. The van der Waals surface area contributed by atoms with Crippen LogP contribution < -0.4 is 5.32 Å². The predicted molar refractivity (Wildman–Crippen MR) is 84.7 cm³/mol. The van der Waals surface area contributed by atoms with Crippen molar-refractivity contribution in [2.45, 2.75) is 26.3 Å². The minimum absolute atomic E-state index is 0.0930. The second kappa shape index (κ2) is 8.86. The molecule has 1 aromatic rings. The summed E-state index contributed by atoms with van der Waals surface area (Å²) in [5.41, 5.74) is 2.30. The first-order valence-corrected chi connectivity index (χ1v) is 8.06. The van der Waals surface area contributed by atoms with Crippen LogP contribution in [0.4, 0.5) is 5.69 Å². The minimum Gasteiger partial charge on any atom is -0.385 e. The lowest BCUT2D eigenvalue weighted by Gasteiger charge is -2.15. The molecule has 0 aliphatic rings. The Morgan fingerprint density at radius 2 is 2.16 bits per heavy atom. The summed E-state index contributed by atoms with van der Waals surface area (Å²) < 4.78 is 0. The maximum absolute atomic E-state index is 11.2. The zero-order chi connectivity index (χ0) is 14.1. The Kier molecular flexibility index (Phi) is 7.41. The van der Waals surface area contributed by atoms with Gasteiger partial charge in [0.1, 0.15) is 0 Å². The van der Waals surface area contributed by atoms with E-state index in [9.17, 15) is 4.79 Å². The van der Waals surface area contributed by atoms with Crippen molar-refractivity contribution >= 4 is 23.4 Å². The van der Waals surface area contributed by atoms with Gasteiger partial charge in [0.15, 0.2) is 0 Å². The Labute approximate surface area is 120 Å². The maximum Gasteiger partial charge on any atom is 0.219 e. The van der Waals surface area contributed by atoms with E-state index in [0.717, 1.165) is 17.8 Å². The summed E-state index contributed by atoms with van der Waals surface area (Å²) in [5, 5.41) is 3.43. The van der Waals surface area contributed by atoms with E-state index in [0.29, 0.717) is 6.54 Å². The van der Waals surface area contributed by atoms with Crippen molar-refractivity contribution in [2.75, 3.05) is 30.9 Å². The molecule has 0 saturated carbocycles. The zero-order valence-electron chi connectivity index (χ0n) is 12.1. The Hall–Kier alpha value is -1.16. The normalized spacial score (nSPS) is 10.3. The van der Waals surface area contributed by atoms with Gasteiger partial charge in [0.2, 0.25) is 5.91 Å².